The van der Waals surface area contributed by atoms with E-state index in [4.69, 9.17) is 0 Å². The van der Waals surface area contributed by atoms with E-state index in [-0.39, 0.29) is 0 Å². The van der Waals surface area contributed by atoms with E-state index in [2.05, 4.69) is 29.8 Å². The van der Waals surface area contributed by atoms with Crippen molar-refractivity contribution in [2.45, 2.75) is 5.16 Å². The van der Waals surface area contributed by atoms with Gasteiger partial charge in [0.15, 0.2) is 0 Å². The molecule has 0 aliphatic carbocycles. The van der Waals surface area contributed by atoms with Crippen molar-refractivity contribution in [1.29, 1.82) is 0 Å². The molecule has 1 rings (SSSR count). The Morgan fingerprint density at radius 1 is 1.88 bits per heavy atom. The minimum absolute atomic E-state index is 0.865. The Balaban J connectivity index is 2.92. The van der Waals surface area contributed by atoms with Crippen LogP contribution in [0.3, 0.4) is 0 Å². The Bertz CT molecular complexity index is 175. The molecule has 0 bridgehead atoms. The summed E-state index contributed by atoms with van der Waals surface area (Å²) in [5.41, 5.74) is 0. The van der Waals surface area contributed by atoms with Gasteiger partial charge in [-0.1, -0.05) is 0 Å². The Kier molecular flexibility index (Phi) is 2.13. The second kappa shape index (κ2) is 2.68. The van der Waals surface area contributed by atoms with Crippen molar-refractivity contribution in [1.82, 2.24) is 14.8 Å². The van der Waals surface area contributed by atoms with E-state index < -0.39 is 0 Å². The van der Waals surface area contributed by atoms with Gasteiger partial charge in [0, 0.05) is 0 Å². The summed E-state index contributed by atoms with van der Waals surface area (Å²) >= 11 is 3.20. The van der Waals surface area contributed by atoms with Crippen LogP contribution in [0.2, 0.25) is 0 Å². The second-order valence-corrected chi connectivity index (χ2v) is 2.62. The molecule has 1 heterocycles. The summed E-state index contributed by atoms with van der Waals surface area (Å²) in [7, 11) is 3.24. The minimum atomic E-state index is 0.865. The number of rotatable bonds is 1. The Labute approximate surface area is 62.4 Å². The molecule has 0 aliphatic rings. The summed E-state index contributed by atoms with van der Waals surface area (Å²) in [6, 6.07) is 0. The van der Waals surface area contributed by atoms with Gasteiger partial charge in [0.2, 0.25) is 0 Å². The molecule has 0 radical (unpaired) electrons. The van der Waals surface area contributed by atoms with E-state index in [0.29, 0.717) is 0 Å². The molecule has 0 amide bonds. The van der Waals surface area contributed by atoms with Crippen molar-refractivity contribution in [2.24, 2.45) is 7.05 Å². The molecule has 0 saturated carbocycles. The predicted molar refractivity (Wildman–Crippen MR) is 26.9 cm³/mol. The molecule has 8 heavy (non-hydrogen) atoms. The Morgan fingerprint density at radius 2 is 2.62 bits per heavy atom. The van der Waals surface area contributed by atoms with Gasteiger partial charge in [-0.05, 0) is 0 Å². The average molecular weight is 222 g/mol. The molecule has 0 fully saturated rings. The third kappa shape index (κ3) is 1.14. The fraction of sp³-hybridized carbons (Fsp3) is 0.333. The van der Waals surface area contributed by atoms with Gasteiger partial charge in [0.25, 0.3) is 0 Å². The molecule has 0 atom stereocenters. The van der Waals surface area contributed by atoms with Gasteiger partial charge in [-0.15, -0.1) is 0 Å². The van der Waals surface area contributed by atoms with Crippen LogP contribution in [0.4, 0.5) is 0 Å². The predicted octanol–water partition coefficient (Wildman–Crippen LogP) is 0.369. The van der Waals surface area contributed by atoms with Gasteiger partial charge in [-0.25, -0.2) is 0 Å². The first kappa shape index (κ1) is 6.35. The molecule has 0 spiro atoms. The van der Waals surface area contributed by atoms with Crippen molar-refractivity contribution in [3.63, 3.8) is 0 Å². The van der Waals surface area contributed by atoms with Gasteiger partial charge in [-0.2, -0.15) is 0 Å². The van der Waals surface area contributed by atoms with Gasteiger partial charge in [-0.3, -0.25) is 0 Å². The number of hydrogen-bond acceptors (Lipinski definition) is 3. The Hall–Kier alpha value is 0.230. The number of aromatic nitrogens is 3. The maximum atomic E-state index is 3.90. The first-order chi connectivity index (χ1) is 3.84. The van der Waals surface area contributed by atoms with Crippen molar-refractivity contribution in [2.75, 3.05) is 0 Å². The summed E-state index contributed by atoms with van der Waals surface area (Å²) in [6.07, 6.45) is 1.52. The SMILES string of the molecule is Cn1ncnc1[S][Ag]. The number of aryl methyl sites for hydroxylation is 1. The van der Waals surface area contributed by atoms with Crippen LogP contribution in [0.25, 0.3) is 0 Å². The molecule has 1 aromatic rings. The van der Waals surface area contributed by atoms with Crippen LogP contribution in [0, 0.1) is 0 Å². The summed E-state index contributed by atoms with van der Waals surface area (Å²) in [6.45, 7) is 0. The standard InChI is InChI=1S/C3H5N3S.Ag/c1-6-3(7)4-2-5-6;/h2H,1H3,(H,4,5,7);/q;+1/p-1. The molecule has 48 valence electrons. The third-order valence-corrected chi connectivity index (χ3v) is 2.02. The van der Waals surface area contributed by atoms with Gasteiger partial charge in [0.1, 0.15) is 0 Å². The Morgan fingerprint density at radius 3 is 2.88 bits per heavy atom. The zero-order chi connectivity index (χ0) is 5.98. The van der Waals surface area contributed by atoms with Gasteiger partial charge < -0.3 is 0 Å². The molecule has 1 aromatic heterocycles. The molecule has 0 aromatic carbocycles. The first-order valence-electron chi connectivity index (χ1n) is 1.94. The molecule has 3 nitrogen and oxygen atoms in total. The maximum absolute atomic E-state index is 3.90. The van der Waals surface area contributed by atoms with Crippen molar-refractivity contribution < 1.29 is 19.7 Å². The molecule has 0 aliphatic heterocycles. The van der Waals surface area contributed by atoms with E-state index >= 15 is 0 Å². The average Bonchev–Trinajstić information content (AvgIpc) is 2.14. The molecule has 5 heteroatoms. The molecule has 0 N–H and O–H groups in total. The number of hydrogen-bond donors (Lipinski definition) is 0. The van der Waals surface area contributed by atoms with Gasteiger partial charge in [0.05, 0.1) is 0 Å². The topological polar surface area (TPSA) is 30.7 Å². The van der Waals surface area contributed by atoms with Gasteiger partial charge >= 0.3 is 62.3 Å². The van der Waals surface area contributed by atoms with Crippen LogP contribution in [0.1, 0.15) is 0 Å². The van der Waals surface area contributed by atoms with Crippen LogP contribution in [-0.4, -0.2) is 14.8 Å². The summed E-state index contributed by atoms with van der Waals surface area (Å²) < 4.78 is 1.69. The van der Waals surface area contributed by atoms with Crippen LogP contribution in [0.5, 0.6) is 0 Å². The second-order valence-electron chi connectivity index (χ2n) is 1.23. The summed E-state index contributed by atoms with van der Waals surface area (Å²) in [4.78, 5) is 3.90. The van der Waals surface area contributed by atoms with Crippen LogP contribution in [0.15, 0.2) is 11.5 Å². The van der Waals surface area contributed by atoms with E-state index in [0.717, 1.165) is 5.16 Å². The molecule has 0 saturated heterocycles. The van der Waals surface area contributed by atoms with E-state index in [1.54, 1.807) is 4.68 Å². The van der Waals surface area contributed by atoms with E-state index in [9.17, 15) is 0 Å². The normalized spacial score (nSPS) is 9.88. The zero-order valence-electron chi connectivity index (χ0n) is 4.13. The summed E-state index contributed by atoms with van der Waals surface area (Å²) in [5.74, 6) is 0. The van der Waals surface area contributed by atoms with E-state index in [1.807, 2.05) is 7.05 Å². The third-order valence-electron chi connectivity index (χ3n) is 0.725. The fourth-order valence-corrected chi connectivity index (χ4v) is 1.37. The summed E-state index contributed by atoms with van der Waals surface area (Å²) in [5, 5.41) is 4.71. The van der Waals surface area contributed by atoms with Crippen LogP contribution >= 0.6 is 9.23 Å². The van der Waals surface area contributed by atoms with Crippen molar-refractivity contribution in [3.05, 3.63) is 6.33 Å². The van der Waals surface area contributed by atoms with Crippen LogP contribution < -0.4 is 0 Å². The van der Waals surface area contributed by atoms with Crippen molar-refractivity contribution in [3.8, 4) is 0 Å². The zero-order valence-corrected chi connectivity index (χ0v) is 6.43. The molecular formula is C3H4AgN3S. The van der Waals surface area contributed by atoms with Crippen LogP contribution in [-0.2, 0) is 26.8 Å². The number of nitrogens with zero attached hydrogens (tertiary/aromatic N) is 3. The quantitative estimate of drug-likeness (QED) is 0.643. The van der Waals surface area contributed by atoms with Crippen molar-refractivity contribution >= 4 is 9.23 Å². The fourth-order valence-electron chi connectivity index (χ4n) is 0.341. The molecular weight excluding hydrogens is 218 g/mol. The molecule has 0 unspecified atom stereocenters. The monoisotopic (exact) mass is 221 g/mol. The van der Waals surface area contributed by atoms with E-state index in [1.165, 1.54) is 15.6 Å². The first-order valence-corrected chi connectivity index (χ1v) is 4.41.